The van der Waals surface area contributed by atoms with Gasteiger partial charge in [-0.05, 0) is 62.0 Å². The van der Waals surface area contributed by atoms with Gasteiger partial charge in [0.2, 0.25) is 0 Å². The summed E-state index contributed by atoms with van der Waals surface area (Å²) in [6, 6.07) is 61.6. The quantitative estimate of drug-likeness (QED) is 0.188. The first-order valence-electron chi connectivity index (χ1n) is 17.3. The lowest BCUT2D eigenvalue weighted by Crippen LogP contribution is -2.34. The third-order valence-electron chi connectivity index (χ3n) is 9.95. The molecule has 9 aromatic rings. The lowest BCUT2D eigenvalue weighted by Gasteiger charge is -2.26. The first-order chi connectivity index (χ1) is 25.3. The average molecular weight is 654 g/mol. The highest BCUT2D eigenvalue weighted by atomic mass is 16.3. The molecule has 1 N–H and O–H groups in total. The van der Waals surface area contributed by atoms with Gasteiger partial charge in [0.1, 0.15) is 23.2 Å². The highest BCUT2D eigenvalue weighted by molar-refractivity contribution is 6.16. The Bertz CT molecular complexity index is 2820. The minimum atomic E-state index is -0.450. The highest BCUT2D eigenvalue weighted by Gasteiger charge is 2.27. The molecule has 1 aromatic heterocycles. The predicted octanol–water partition coefficient (Wildman–Crippen LogP) is 11.7. The van der Waals surface area contributed by atoms with Gasteiger partial charge in [-0.2, -0.15) is 0 Å². The maximum atomic E-state index is 6.45. The summed E-state index contributed by atoms with van der Waals surface area (Å²) in [5, 5.41) is 10.8. The van der Waals surface area contributed by atoms with Crippen LogP contribution in [0.3, 0.4) is 0 Å². The summed E-state index contributed by atoms with van der Waals surface area (Å²) in [4.78, 5) is 10.5. The van der Waals surface area contributed by atoms with E-state index < -0.39 is 6.17 Å². The van der Waals surface area contributed by atoms with E-state index in [1.807, 2.05) is 36.4 Å². The SMILES string of the molecule is c1ccc(C2=NC(c3c(-c4ccc(-c5ccccc5)cc4)ccc4oc5ccccc5c34)NC(c3ccc4c(ccc5ccccc54)c3)=N2)cc1. The maximum Gasteiger partial charge on any atom is 0.159 e. The Morgan fingerprint density at radius 2 is 1.08 bits per heavy atom. The normalized spacial score (nSPS) is 14.5. The lowest BCUT2D eigenvalue weighted by molar-refractivity contribution is 0.663. The largest absolute Gasteiger partial charge is 0.456 e. The Kier molecular flexibility index (Phi) is 6.85. The molecule has 0 bridgehead atoms. The van der Waals surface area contributed by atoms with E-state index >= 15 is 0 Å². The Morgan fingerprint density at radius 3 is 1.90 bits per heavy atom. The Balaban J connectivity index is 1.17. The summed E-state index contributed by atoms with van der Waals surface area (Å²) >= 11 is 0. The molecule has 8 aromatic carbocycles. The summed E-state index contributed by atoms with van der Waals surface area (Å²) in [5.41, 5.74) is 9.27. The van der Waals surface area contributed by atoms with Crippen LogP contribution < -0.4 is 5.32 Å². The van der Waals surface area contributed by atoms with E-state index in [1.54, 1.807) is 0 Å². The molecular weight excluding hydrogens is 623 g/mol. The second-order valence-electron chi connectivity index (χ2n) is 13.0. The van der Waals surface area contributed by atoms with Crippen LogP contribution in [-0.2, 0) is 0 Å². The number of rotatable bonds is 5. The maximum absolute atomic E-state index is 6.45. The van der Waals surface area contributed by atoms with Gasteiger partial charge in [-0.3, -0.25) is 0 Å². The monoisotopic (exact) mass is 653 g/mol. The van der Waals surface area contributed by atoms with Crippen molar-refractivity contribution in [2.24, 2.45) is 9.98 Å². The number of para-hydroxylation sites is 1. The lowest BCUT2D eigenvalue weighted by atomic mass is 9.92. The molecule has 51 heavy (non-hydrogen) atoms. The van der Waals surface area contributed by atoms with Crippen LogP contribution in [-0.4, -0.2) is 11.7 Å². The molecule has 2 heterocycles. The summed E-state index contributed by atoms with van der Waals surface area (Å²) < 4.78 is 6.45. The highest BCUT2D eigenvalue weighted by Crippen LogP contribution is 2.42. The van der Waals surface area contributed by atoms with Crippen LogP contribution in [0, 0.1) is 0 Å². The Hall–Kier alpha value is -6.78. The summed E-state index contributed by atoms with van der Waals surface area (Å²) in [6.07, 6.45) is -0.450. The molecule has 0 amide bonds. The summed E-state index contributed by atoms with van der Waals surface area (Å²) in [7, 11) is 0. The zero-order valence-electron chi connectivity index (χ0n) is 27.6. The molecule has 10 rings (SSSR count). The first kappa shape index (κ1) is 29.2. The number of aliphatic imine (C=N–C) groups is 2. The molecule has 1 aliphatic heterocycles. The first-order valence-corrected chi connectivity index (χ1v) is 17.3. The number of amidine groups is 2. The van der Waals surface area contributed by atoms with Crippen molar-refractivity contribution in [3.05, 3.63) is 193 Å². The number of nitrogens with one attached hydrogen (secondary N) is 1. The zero-order valence-corrected chi connectivity index (χ0v) is 27.6. The van der Waals surface area contributed by atoms with Gasteiger partial charge >= 0.3 is 0 Å². The molecule has 0 saturated carbocycles. The van der Waals surface area contributed by atoms with E-state index in [0.29, 0.717) is 5.84 Å². The number of furan rings is 1. The molecule has 4 nitrogen and oxygen atoms in total. The molecule has 4 heteroatoms. The van der Waals surface area contributed by atoms with Crippen LogP contribution in [0.1, 0.15) is 22.9 Å². The Labute approximate surface area is 295 Å². The fraction of sp³-hybridized carbons (Fsp3) is 0.0213. The van der Waals surface area contributed by atoms with E-state index in [2.05, 4.69) is 145 Å². The van der Waals surface area contributed by atoms with Crippen molar-refractivity contribution in [2.75, 3.05) is 0 Å². The number of benzene rings is 8. The van der Waals surface area contributed by atoms with Crippen molar-refractivity contribution in [2.45, 2.75) is 6.17 Å². The number of nitrogens with zero attached hydrogens (tertiary/aromatic N) is 2. The molecule has 0 aliphatic carbocycles. The fourth-order valence-corrected chi connectivity index (χ4v) is 7.47. The minimum Gasteiger partial charge on any atom is -0.456 e. The molecule has 0 spiro atoms. The van der Waals surface area contributed by atoms with Gasteiger partial charge in [-0.15, -0.1) is 0 Å². The van der Waals surface area contributed by atoms with Crippen molar-refractivity contribution in [1.82, 2.24) is 5.32 Å². The van der Waals surface area contributed by atoms with Gasteiger partial charge in [-0.1, -0.05) is 158 Å². The molecule has 1 aliphatic rings. The van der Waals surface area contributed by atoms with Crippen molar-refractivity contribution in [1.29, 1.82) is 0 Å². The minimum absolute atomic E-state index is 0.450. The van der Waals surface area contributed by atoms with Crippen molar-refractivity contribution in [3.63, 3.8) is 0 Å². The second kappa shape index (κ2) is 12.0. The van der Waals surface area contributed by atoms with Gasteiger partial charge in [0.15, 0.2) is 5.84 Å². The number of hydrogen-bond acceptors (Lipinski definition) is 4. The van der Waals surface area contributed by atoms with Gasteiger partial charge in [0.05, 0.1) is 0 Å². The van der Waals surface area contributed by atoms with Crippen molar-refractivity contribution < 1.29 is 4.42 Å². The topological polar surface area (TPSA) is 49.9 Å². The number of hydrogen-bond donors (Lipinski definition) is 1. The second-order valence-corrected chi connectivity index (χ2v) is 13.0. The molecule has 1 atom stereocenters. The van der Waals surface area contributed by atoms with E-state index in [9.17, 15) is 0 Å². The van der Waals surface area contributed by atoms with Gasteiger partial charge in [0.25, 0.3) is 0 Å². The van der Waals surface area contributed by atoms with Crippen LogP contribution >= 0.6 is 0 Å². The van der Waals surface area contributed by atoms with Crippen LogP contribution in [0.25, 0.3) is 65.7 Å². The van der Waals surface area contributed by atoms with Crippen molar-refractivity contribution >= 4 is 55.2 Å². The molecule has 0 radical (unpaired) electrons. The average Bonchev–Trinajstić information content (AvgIpc) is 3.59. The van der Waals surface area contributed by atoms with Crippen molar-refractivity contribution in [3.8, 4) is 22.3 Å². The van der Waals surface area contributed by atoms with Gasteiger partial charge < -0.3 is 9.73 Å². The molecule has 0 fully saturated rings. The smallest absolute Gasteiger partial charge is 0.159 e. The van der Waals surface area contributed by atoms with Crippen LogP contribution in [0.2, 0.25) is 0 Å². The van der Waals surface area contributed by atoms with E-state index in [0.717, 1.165) is 61.0 Å². The van der Waals surface area contributed by atoms with Crippen LogP contribution in [0.15, 0.2) is 190 Å². The van der Waals surface area contributed by atoms with Crippen LogP contribution in [0.5, 0.6) is 0 Å². The van der Waals surface area contributed by atoms with E-state index in [-0.39, 0.29) is 0 Å². The predicted molar refractivity (Wildman–Crippen MR) is 211 cm³/mol. The summed E-state index contributed by atoms with van der Waals surface area (Å²) in [6.45, 7) is 0. The zero-order chi connectivity index (χ0) is 33.7. The van der Waals surface area contributed by atoms with E-state index in [1.165, 1.54) is 27.3 Å². The third kappa shape index (κ3) is 5.08. The standard InChI is InChI=1S/C47H31N3O/c1-3-11-30(12-4-1)31-19-21-33(22-20-31)39-27-28-42-43(40-17-9-10-18-41(40)51-42)44(39)47-49-45(34-14-5-2-6-15-34)48-46(50-47)36-25-26-38-35(29-36)24-23-32-13-7-8-16-37(32)38/h1-29,47H,(H,48,49,50). The van der Waals surface area contributed by atoms with Gasteiger partial charge in [-0.25, -0.2) is 9.98 Å². The fourth-order valence-electron chi connectivity index (χ4n) is 7.47. The van der Waals surface area contributed by atoms with Gasteiger partial charge in [0, 0.05) is 27.5 Å². The summed E-state index contributed by atoms with van der Waals surface area (Å²) in [5.74, 6) is 1.46. The number of fused-ring (bicyclic) bond motifs is 6. The molecular formula is C47H31N3O. The molecule has 1 unspecified atom stereocenters. The van der Waals surface area contributed by atoms with E-state index in [4.69, 9.17) is 14.4 Å². The third-order valence-corrected chi connectivity index (χ3v) is 9.95. The molecule has 240 valence electrons. The Morgan fingerprint density at radius 1 is 0.451 bits per heavy atom. The van der Waals surface area contributed by atoms with Crippen LogP contribution in [0.4, 0.5) is 0 Å². The molecule has 0 saturated heterocycles.